The molecule has 72 valence electrons. The summed E-state index contributed by atoms with van der Waals surface area (Å²) in [5.41, 5.74) is 1.98. The summed E-state index contributed by atoms with van der Waals surface area (Å²) in [6.45, 7) is 4.11. The van der Waals surface area contributed by atoms with E-state index in [-0.39, 0.29) is 0 Å². The van der Waals surface area contributed by atoms with Gasteiger partial charge in [-0.15, -0.1) is 0 Å². The van der Waals surface area contributed by atoms with Crippen LogP contribution in [0.1, 0.15) is 31.3 Å². The molecule has 0 radical (unpaired) electrons. The lowest BCUT2D eigenvalue weighted by Gasteiger charge is -1.96. The summed E-state index contributed by atoms with van der Waals surface area (Å²) in [7, 11) is 0. The fraction of sp³-hybridized carbons (Fsp3) is 0.455. The van der Waals surface area contributed by atoms with Crippen LogP contribution in [-0.2, 0) is 6.42 Å². The van der Waals surface area contributed by atoms with Crippen LogP contribution in [-0.4, -0.2) is 16.2 Å². The first-order chi connectivity index (χ1) is 6.81. The Morgan fingerprint density at radius 3 is 3.00 bits per heavy atom. The van der Waals surface area contributed by atoms with E-state index in [0.717, 1.165) is 28.6 Å². The zero-order valence-corrected chi connectivity index (χ0v) is 8.62. The monoisotopic (exact) mass is 188 g/mol. The fourth-order valence-corrected chi connectivity index (χ4v) is 1.61. The molecule has 0 fully saturated rings. The highest BCUT2D eigenvalue weighted by Gasteiger charge is 2.11. The second-order valence-electron chi connectivity index (χ2n) is 3.50. The SMILES string of the molecule is CCCCc1nc(C)nc2c1=CC=[N+]=2. The van der Waals surface area contributed by atoms with Crippen molar-refractivity contribution in [1.29, 1.82) is 0 Å². The summed E-state index contributed by atoms with van der Waals surface area (Å²) in [5.74, 6) is 0.822. The Labute approximate surface area is 83.0 Å². The van der Waals surface area contributed by atoms with Crippen LogP contribution in [0.25, 0.3) is 6.08 Å². The van der Waals surface area contributed by atoms with Gasteiger partial charge in [0.2, 0.25) is 5.82 Å². The molecule has 0 saturated heterocycles. The Kier molecular flexibility index (Phi) is 2.42. The smallest absolute Gasteiger partial charge is 0.214 e. The summed E-state index contributed by atoms with van der Waals surface area (Å²) in [6, 6.07) is 0. The lowest BCUT2D eigenvalue weighted by molar-refractivity contribution is 0.757. The van der Waals surface area contributed by atoms with Gasteiger partial charge in [-0.1, -0.05) is 13.3 Å². The summed E-state index contributed by atoms with van der Waals surface area (Å²) in [4.78, 5) is 8.74. The molecule has 0 aromatic carbocycles. The van der Waals surface area contributed by atoms with Gasteiger partial charge in [0.25, 0.3) is 0 Å². The van der Waals surface area contributed by atoms with E-state index in [1.54, 1.807) is 6.21 Å². The minimum absolute atomic E-state index is 0.822. The summed E-state index contributed by atoms with van der Waals surface area (Å²) in [6.07, 6.45) is 7.20. The minimum atomic E-state index is 0.822. The molecule has 0 atom stereocenters. The number of fused-ring (bicyclic) bond motifs is 1. The number of aryl methyl sites for hydroxylation is 2. The highest BCUT2D eigenvalue weighted by molar-refractivity contribution is 5.90. The van der Waals surface area contributed by atoms with Gasteiger partial charge >= 0.3 is 5.49 Å². The Hall–Kier alpha value is -1.47. The van der Waals surface area contributed by atoms with E-state index in [0.29, 0.717) is 0 Å². The van der Waals surface area contributed by atoms with Gasteiger partial charge < -0.3 is 0 Å². The van der Waals surface area contributed by atoms with Gasteiger partial charge in [-0.2, -0.15) is 0 Å². The average Bonchev–Trinajstić information content (AvgIpc) is 2.61. The van der Waals surface area contributed by atoms with Crippen molar-refractivity contribution in [1.82, 2.24) is 14.6 Å². The molecule has 2 heterocycles. The van der Waals surface area contributed by atoms with Gasteiger partial charge in [0.15, 0.2) is 6.21 Å². The molecule has 3 nitrogen and oxygen atoms in total. The number of aromatic nitrogens is 2. The van der Waals surface area contributed by atoms with Crippen LogP contribution in [0.4, 0.5) is 0 Å². The highest BCUT2D eigenvalue weighted by atomic mass is 14.9. The van der Waals surface area contributed by atoms with Crippen molar-refractivity contribution in [2.24, 2.45) is 0 Å². The number of unbranched alkanes of at least 4 members (excludes halogenated alkanes) is 1. The normalized spacial score (nSPS) is 12.1. The largest absolute Gasteiger partial charge is 0.425 e. The first-order valence-corrected chi connectivity index (χ1v) is 5.06. The Bertz CT molecular complexity index is 496. The van der Waals surface area contributed by atoms with Crippen molar-refractivity contribution in [3.63, 3.8) is 0 Å². The molecule has 0 amide bonds. The van der Waals surface area contributed by atoms with Gasteiger partial charge in [0, 0.05) is 13.0 Å². The van der Waals surface area contributed by atoms with Gasteiger partial charge in [0.1, 0.15) is 5.22 Å². The van der Waals surface area contributed by atoms with E-state index in [4.69, 9.17) is 0 Å². The third kappa shape index (κ3) is 1.59. The van der Waals surface area contributed by atoms with Crippen LogP contribution in [0.15, 0.2) is 0 Å². The van der Waals surface area contributed by atoms with E-state index in [9.17, 15) is 0 Å². The molecule has 0 spiro atoms. The summed E-state index contributed by atoms with van der Waals surface area (Å²) in [5, 5.41) is 1.11. The molecule has 0 saturated carbocycles. The molecule has 1 aromatic rings. The topological polar surface area (TPSA) is 39.9 Å². The van der Waals surface area contributed by atoms with Crippen molar-refractivity contribution in [2.75, 3.05) is 0 Å². The summed E-state index contributed by atoms with van der Waals surface area (Å²) < 4.78 is 4.20. The van der Waals surface area contributed by atoms with Crippen molar-refractivity contribution >= 4 is 12.3 Å². The Morgan fingerprint density at radius 2 is 2.21 bits per heavy atom. The van der Waals surface area contributed by atoms with Gasteiger partial charge in [-0.25, -0.2) is 9.65 Å². The molecule has 1 aliphatic heterocycles. The van der Waals surface area contributed by atoms with Crippen LogP contribution in [0.3, 0.4) is 0 Å². The van der Waals surface area contributed by atoms with Crippen LogP contribution in [0.2, 0.25) is 0 Å². The third-order valence-corrected chi connectivity index (χ3v) is 2.32. The van der Waals surface area contributed by atoms with Gasteiger partial charge in [0.05, 0.1) is 5.69 Å². The maximum atomic E-state index is 4.46. The van der Waals surface area contributed by atoms with Crippen LogP contribution < -0.4 is 15.4 Å². The van der Waals surface area contributed by atoms with Crippen molar-refractivity contribution < 1.29 is 0 Å². The standard InChI is InChI=1S/C11H14N3/c1-3-4-5-10-9-6-7-12-11(9)14-8(2)13-10/h6-7H,3-5H2,1-2H3/q+1. The maximum Gasteiger partial charge on any atom is 0.425 e. The van der Waals surface area contributed by atoms with E-state index < -0.39 is 0 Å². The van der Waals surface area contributed by atoms with E-state index in [2.05, 4.69) is 21.6 Å². The van der Waals surface area contributed by atoms with Crippen molar-refractivity contribution in [3.05, 3.63) is 22.2 Å². The molecule has 14 heavy (non-hydrogen) atoms. The van der Waals surface area contributed by atoms with E-state index in [1.165, 1.54) is 12.8 Å². The number of rotatable bonds is 3. The second-order valence-corrected chi connectivity index (χ2v) is 3.50. The minimum Gasteiger partial charge on any atom is -0.214 e. The molecular weight excluding hydrogens is 174 g/mol. The molecule has 1 aliphatic rings. The predicted molar refractivity (Wildman–Crippen MR) is 56.4 cm³/mol. The summed E-state index contributed by atoms with van der Waals surface area (Å²) >= 11 is 0. The van der Waals surface area contributed by atoms with Crippen molar-refractivity contribution in [2.45, 2.75) is 33.1 Å². The Morgan fingerprint density at radius 1 is 1.36 bits per heavy atom. The molecule has 2 rings (SSSR count). The number of nitrogens with zero attached hydrogens (tertiary/aromatic N) is 3. The van der Waals surface area contributed by atoms with Crippen LogP contribution in [0.5, 0.6) is 0 Å². The molecule has 0 bridgehead atoms. The van der Waals surface area contributed by atoms with Crippen molar-refractivity contribution in [3.8, 4) is 0 Å². The first kappa shape index (κ1) is 9.10. The molecule has 0 unspecified atom stereocenters. The molecule has 0 N–H and O–H groups in total. The van der Waals surface area contributed by atoms with E-state index in [1.807, 2.05) is 13.0 Å². The second kappa shape index (κ2) is 3.72. The Balaban J connectivity index is 2.48. The zero-order chi connectivity index (χ0) is 9.97. The number of hydrogen-bond donors (Lipinski definition) is 0. The third-order valence-electron chi connectivity index (χ3n) is 2.32. The average molecular weight is 188 g/mol. The predicted octanol–water partition coefficient (Wildman–Crippen LogP) is -0.321. The fourth-order valence-electron chi connectivity index (χ4n) is 1.61. The zero-order valence-electron chi connectivity index (χ0n) is 8.62. The quantitative estimate of drug-likeness (QED) is 0.610. The molecular formula is C11H14N3+. The molecule has 3 heteroatoms. The molecule has 0 aliphatic carbocycles. The van der Waals surface area contributed by atoms with Gasteiger partial charge in [-0.3, -0.25) is 0 Å². The van der Waals surface area contributed by atoms with Gasteiger partial charge in [-0.05, 0) is 17.8 Å². The molecule has 1 aromatic heterocycles. The van der Waals surface area contributed by atoms with Crippen LogP contribution >= 0.6 is 0 Å². The van der Waals surface area contributed by atoms with Crippen LogP contribution in [0, 0.1) is 6.92 Å². The number of hydrogen-bond acceptors (Lipinski definition) is 2. The lowest BCUT2D eigenvalue weighted by atomic mass is 10.1. The lowest BCUT2D eigenvalue weighted by Crippen LogP contribution is -2.34. The highest BCUT2D eigenvalue weighted by Crippen LogP contribution is 1.95. The maximum absolute atomic E-state index is 4.46. The first-order valence-electron chi connectivity index (χ1n) is 5.06. The van der Waals surface area contributed by atoms with E-state index >= 15 is 0 Å².